The summed E-state index contributed by atoms with van der Waals surface area (Å²) in [6.07, 6.45) is -0.833. The fourth-order valence-corrected chi connectivity index (χ4v) is 2.08. The number of ether oxygens (including phenoxy) is 2. The van der Waals surface area contributed by atoms with Crippen LogP contribution in [0.3, 0.4) is 0 Å². The minimum atomic E-state index is -0.833. The first-order chi connectivity index (χ1) is 10.2. The molecule has 2 aromatic carbocycles. The topological polar surface area (TPSA) is 38.7 Å². The van der Waals surface area contributed by atoms with Gasteiger partial charge in [-0.25, -0.2) is 4.39 Å². The van der Waals surface area contributed by atoms with E-state index < -0.39 is 6.10 Å². The van der Waals surface area contributed by atoms with Crippen LogP contribution in [0, 0.1) is 5.82 Å². The molecule has 1 atom stereocenters. The first-order valence-electron chi connectivity index (χ1n) is 6.98. The van der Waals surface area contributed by atoms with Crippen LogP contribution in [0.5, 0.6) is 11.5 Å². The van der Waals surface area contributed by atoms with E-state index in [1.165, 1.54) is 12.1 Å². The van der Waals surface area contributed by atoms with E-state index >= 15 is 0 Å². The molecule has 1 unspecified atom stereocenters. The third-order valence-electron chi connectivity index (χ3n) is 3.07. The van der Waals surface area contributed by atoms with Gasteiger partial charge in [-0.2, -0.15) is 0 Å². The molecule has 2 rings (SSSR count). The van der Waals surface area contributed by atoms with Crippen LogP contribution in [0.1, 0.15) is 31.1 Å². The van der Waals surface area contributed by atoms with Crippen LogP contribution in [-0.2, 0) is 0 Å². The van der Waals surface area contributed by atoms with Crippen LogP contribution in [-0.4, -0.2) is 18.3 Å². The maximum atomic E-state index is 12.9. The fourth-order valence-electron chi connectivity index (χ4n) is 2.08. The molecule has 0 aliphatic heterocycles. The SMILES string of the molecule is CCOc1ccc(C(O)c2ccc(F)cc2)cc1OCC. The van der Waals surface area contributed by atoms with Gasteiger partial charge in [-0.05, 0) is 49.2 Å². The second-order valence-electron chi connectivity index (χ2n) is 4.53. The van der Waals surface area contributed by atoms with E-state index in [1.54, 1.807) is 30.3 Å². The van der Waals surface area contributed by atoms with E-state index in [4.69, 9.17) is 9.47 Å². The second kappa shape index (κ2) is 7.09. The monoisotopic (exact) mass is 290 g/mol. The van der Waals surface area contributed by atoms with Crippen LogP contribution in [0.4, 0.5) is 4.39 Å². The summed E-state index contributed by atoms with van der Waals surface area (Å²) in [6.45, 7) is 4.84. The average molecular weight is 290 g/mol. The molecule has 0 aromatic heterocycles. The van der Waals surface area contributed by atoms with Crippen molar-refractivity contribution in [1.29, 1.82) is 0 Å². The molecule has 112 valence electrons. The van der Waals surface area contributed by atoms with Gasteiger partial charge in [0.1, 0.15) is 11.9 Å². The number of hydrogen-bond donors (Lipinski definition) is 1. The van der Waals surface area contributed by atoms with Crippen molar-refractivity contribution in [2.45, 2.75) is 20.0 Å². The molecule has 1 N–H and O–H groups in total. The number of benzene rings is 2. The lowest BCUT2D eigenvalue weighted by Crippen LogP contribution is -2.03. The summed E-state index contributed by atoms with van der Waals surface area (Å²) in [7, 11) is 0. The molecule has 0 fully saturated rings. The first kappa shape index (κ1) is 15.3. The summed E-state index contributed by atoms with van der Waals surface area (Å²) in [6, 6.07) is 11.1. The smallest absolute Gasteiger partial charge is 0.161 e. The molecule has 0 spiro atoms. The highest BCUT2D eigenvalue weighted by molar-refractivity contribution is 5.45. The third kappa shape index (κ3) is 3.73. The molecule has 0 heterocycles. The molecule has 0 aliphatic carbocycles. The average Bonchev–Trinajstić information content (AvgIpc) is 2.49. The fraction of sp³-hybridized carbons (Fsp3) is 0.294. The van der Waals surface area contributed by atoms with E-state index in [1.807, 2.05) is 13.8 Å². The number of aliphatic hydroxyl groups excluding tert-OH is 1. The number of aliphatic hydroxyl groups is 1. The lowest BCUT2D eigenvalue weighted by atomic mass is 10.0. The van der Waals surface area contributed by atoms with Crippen molar-refractivity contribution in [2.24, 2.45) is 0 Å². The molecule has 0 amide bonds. The van der Waals surface area contributed by atoms with Crippen LogP contribution in [0.2, 0.25) is 0 Å². The Morgan fingerprint density at radius 3 is 2.10 bits per heavy atom. The molecule has 0 aliphatic rings. The van der Waals surface area contributed by atoms with Gasteiger partial charge in [0.05, 0.1) is 13.2 Å². The minimum Gasteiger partial charge on any atom is -0.490 e. The van der Waals surface area contributed by atoms with Gasteiger partial charge in [0.25, 0.3) is 0 Å². The lowest BCUT2D eigenvalue weighted by molar-refractivity contribution is 0.218. The Morgan fingerprint density at radius 2 is 1.48 bits per heavy atom. The molecular weight excluding hydrogens is 271 g/mol. The molecule has 4 heteroatoms. The Kier molecular flexibility index (Phi) is 5.17. The zero-order valence-electron chi connectivity index (χ0n) is 12.2. The Morgan fingerprint density at radius 1 is 0.905 bits per heavy atom. The quantitative estimate of drug-likeness (QED) is 0.881. The molecule has 0 saturated carbocycles. The zero-order chi connectivity index (χ0) is 15.2. The van der Waals surface area contributed by atoms with Crippen molar-refractivity contribution >= 4 is 0 Å². The first-order valence-corrected chi connectivity index (χ1v) is 6.98. The molecular formula is C17H19FO3. The summed E-state index contributed by atoms with van der Waals surface area (Å²) < 4.78 is 24.0. The summed E-state index contributed by atoms with van der Waals surface area (Å²) in [4.78, 5) is 0. The summed E-state index contributed by atoms with van der Waals surface area (Å²) in [5, 5.41) is 10.4. The standard InChI is InChI=1S/C17H19FO3/c1-3-20-15-10-7-13(11-16(15)21-4-2)17(19)12-5-8-14(18)9-6-12/h5-11,17,19H,3-4H2,1-2H3. The van der Waals surface area contributed by atoms with E-state index in [-0.39, 0.29) is 5.82 Å². The van der Waals surface area contributed by atoms with E-state index in [0.717, 1.165) is 0 Å². The van der Waals surface area contributed by atoms with Crippen molar-refractivity contribution in [1.82, 2.24) is 0 Å². The highest BCUT2D eigenvalue weighted by atomic mass is 19.1. The third-order valence-corrected chi connectivity index (χ3v) is 3.07. The molecule has 0 bridgehead atoms. The number of rotatable bonds is 6. The maximum Gasteiger partial charge on any atom is 0.161 e. The van der Waals surface area contributed by atoms with Gasteiger partial charge in [0.15, 0.2) is 11.5 Å². The second-order valence-corrected chi connectivity index (χ2v) is 4.53. The Bertz CT molecular complexity index is 581. The molecule has 2 aromatic rings. The molecule has 0 saturated heterocycles. The van der Waals surface area contributed by atoms with E-state index in [0.29, 0.717) is 35.8 Å². The van der Waals surface area contributed by atoms with Gasteiger partial charge in [-0.1, -0.05) is 18.2 Å². The lowest BCUT2D eigenvalue weighted by Gasteiger charge is -2.16. The molecule has 3 nitrogen and oxygen atoms in total. The van der Waals surface area contributed by atoms with E-state index in [2.05, 4.69) is 0 Å². The maximum absolute atomic E-state index is 12.9. The van der Waals surface area contributed by atoms with Crippen molar-refractivity contribution in [3.8, 4) is 11.5 Å². The minimum absolute atomic E-state index is 0.326. The van der Waals surface area contributed by atoms with Gasteiger partial charge in [-0.15, -0.1) is 0 Å². The summed E-state index contributed by atoms with van der Waals surface area (Å²) in [5.74, 6) is 0.917. The van der Waals surface area contributed by atoms with Gasteiger partial charge in [0.2, 0.25) is 0 Å². The number of halogens is 1. The summed E-state index contributed by atoms with van der Waals surface area (Å²) >= 11 is 0. The predicted octanol–water partition coefficient (Wildman–Crippen LogP) is 3.70. The molecule has 21 heavy (non-hydrogen) atoms. The van der Waals surface area contributed by atoms with Crippen molar-refractivity contribution in [2.75, 3.05) is 13.2 Å². The van der Waals surface area contributed by atoms with Crippen LogP contribution >= 0.6 is 0 Å². The highest BCUT2D eigenvalue weighted by Gasteiger charge is 2.14. The predicted molar refractivity (Wildman–Crippen MR) is 79.2 cm³/mol. The van der Waals surface area contributed by atoms with E-state index in [9.17, 15) is 9.50 Å². The number of hydrogen-bond acceptors (Lipinski definition) is 3. The van der Waals surface area contributed by atoms with Gasteiger partial charge < -0.3 is 14.6 Å². The van der Waals surface area contributed by atoms with Gasteiger partial charge in [-0.3, -0.25) is 0 Å². The van der Waals surface area contributed by atoms with Crippen LogP contribution in [0.15, 0.2) is 42.5 Å². The zero-order valence-corrected chi connectivity index (χ0v) is 12.2. The Labute approximate surface area is 124 Å². The Hall–Kier alpha value is -2.07. The van der Waals surface area contributed by atoms with Crippen molar-refractivity contribution < 1.29 is 19.0 Å². The van der Waals surface area contributed by atoms with Gasteiger partial charge >= 0.3 is 0 Å². The van der Waals surface area contributed by atoms with Crippen molar-refractivity contribution in [3.63, 3.8) is 0 Å². The van der Waals surface area contributed by atoms with Crippen LogP contribution in [0.25, 0.3) is 0 Å². The Balaban J connectivity index is 2.30. The van der Waals surface area contributed by atoms with Crippen LogP contribution < -0.4 is 9.47 Å². The van der Waals surface area contributed by atoms with Crippen molar-refractivity contribution in [3.05, 3.63) is 59.4 Å². The summed E-state index contributed by atoms with van der Waals surface area (Å²) in [5.41, 5.74) is 1.30. The van der Waals surface area contributed by atoms with Gasteiger partial charge in [0, 0.05) is 0 Å². The normalized spacial score (nSPS) is 12.0. The molecule has 0 radical (unpaired) electrons. The largest absolute Gasteiger partial charge is 0.490 e. The highest BCUT2D eigenvalue weighted by Crippen LogP contribution is 2.32.